The van der Waals surface area contributed by atoms with Crippen molar-refractivity contribution in [1.82, 2.24) is 5.32 Å². The largest absolute Gasteiger partial charge is 0.311 e. The van der Waals surface area contributed by atoms with E-state index in [1.165, 1.54) is 6.07 Å². The minimum atomic E-state index is -0.407. The Morgan fingerprint density at radius 3 is 2.94 bits per heavy atom. The van der Waals surface area contributed by atoms with Crippen molar-refractivity contribution in [2.24, 2.45) is 5.92 Å². The highest BCUT2D eigenvalue weighted by Crippen LogP contribution is 2.23. The Bertz CT molecular complexity index is 457. The van der Waals surface area contributed by atoms with Crippen molar-refractivity contribution in [3.05, 3.63) is 38.3 Å². The molecule has 1 atom stereocenters. The molecule has 0 radical (unpaired) electrons. The van der Waals surface area contributed by atoms with Crippen LogP contribution in [0.3, 0.4) is 0 Å². The second kappa shape index (κ2) is 6.33. The molecule has 0 heterocycles. The number of nitro groups is 1. The lowest BCUT2D eigenvalue weighted by Crippen LogP contribution is -2.20. The molecule has 0 saturated heterocycles. The van der Waals surface area contributed by atoms with Crippen LogP contribution >= 0.6 is 15.9 Å². The predicted octanol–water partition coefficient (Wildman–Crippen LogP) is 2.61. The highest BCUT2D eigenvalue weighted by Gasteiger charge is 2.13. The molecule has 1 aromatic carbocycles. The molecule has 17 heavy (non-hydrogen) atoms. The summed E-state index contributed by atoms with van der Waals surface area (Å²) in [6.45, 7) is 2.70. The van der Waals surface area contributed by atoms with Crippen LogP contribution in [0.25, 0.3) is 0 Å². The Kier molecular flexibility index (Phi) is 5.07. The Balaban J connectivity index is 2.71. The maximum absolute atomic E-state index is 10.8. The molecule has 0 aliphatic rings. The lowest BCUT2D eigenvalue weighted by molar-refractivity contribution is -0.385. The fourth-order valence-electron chi connectivity index (χ4n) is 1.33. The molecule has 1 aromatic rings. The third kappa shape index (κ3) is 4.13. The molecule has 0 aliphatic heterocycles. The van der Waals surface area contributed by atoms with Crippen LogP contribution in [0.15, 0.2) is 22.7 Å². The Morgan fingerprint density at radius 2 is 2.35 bits per heavy atom. The molecule has 0 amide bonds. The number of nitrogens with zero attached hydrogens (tertiary/aromatic N) is 2. The Morgan fingerprint density at radius 1 is 1.65 bits per heavy atom. The van der Waals surface area contributed by atoms with Gasteiger partial charge < -0.3 is 5.32 Å². The molecule has 5 nitrogen and oxygen atoms in total. The van der Waals surface area contributed by atoms with Crippen LogP contribution in [-0.2, 0) is 6.54 Å². The van der Waals surface area contributed by atoms with Gasteiger partial charge in [0.25, 0.3) is 5.69 Å². The van der Waals surface area contributed by atoms with Crippen LogP contribution in [0, 0.1) is 27.4 Å². The molecule has 90 valence electrons. The monoisotopic (exact) mass is 297 g/mol. The number of rotatable bonds is 5. The molecular formula is C11H12BrN3O2. The van der Waals surface area contributed by atoms with Gasteiger partial charge in [0.2, 0.25) is 0 Å². The smallest absolute Gasteiger partial charge is 0.275 e. The van der Waals surface area contributed by atoms with Gasteiger partial charge in [0.1, 0.15) is 0 Å². The summed E-state index contributed by atoms with van der Waals surface area (Å²) >= 11 is 3.20. The fraction of sp³-hybridized carbons (Fsp3) is 0.364. The van der Waals surface area contributed by atoms with E-state index in [1.54, 1.807) is 19.1 Å². The number of halogens is 1. The maximum atomic E-state index is 10.8. The van der Waals surface area contributed by atoms with Gasteiger partial charge in [0.15, 0.2) is 0 Å². The van der Waals surface area contributed by atoms with Crippen LogP contribution in [0.4, 0.5) is 5.69 Å². The van der Waals surface area contributed by atoms with Crippen LogP contribution in [0.5, 0.6) is 0 Å². The van der Waals surface area contributed by atoms with Crippen molar-refractivity contribution in [3.63, 3.8) is 0 Å². The minimum Gasteiger partial charge on any atom is -0.311 e. The standard InChI is InChI=1S/C11H12BrN3O2/c1-8(5-13)6-14-7-9-2-3-10(12)4-11(9)15(16)17/h2-4,8,14H,6-7H2,1H3. The second-order valence-electron chi connectivity index (χ2n) is 3.69. The Labute approximate surface area is 108 Å². The van der Waals surface area contributed by atoms with Crippen molar-refractivity contribution in [3.8, 4) is 6.07 Å². The zero-order valence-corrected chi connectivity index (χ0v) is 10.9. The normalized spacial score (nSPS) is 11.8. The number of nitriles is 1. The first-order valence-corrected chi connectivity index (χ1v) is 5.87. The molecular weight excluding hydrogens is 286 g/mol. The van der Waals surface area contributed by atoms with Crippen molar-refractivity contribution in [1.29, 1.82) is 5.26 Å². The van der Waals surface area contributed by atoms with Crippen LogP contribution in [0.1, 0.15) is 12.5 Å². The van der Waals surface area contributed by atoms with Crippen LogP contribution < -0.4 is 5.32 Å². The van der Waals surface area contributed by atoms with E-state index >= 15 is 0 Å². The van der Waals surface area contributed by atoms with E-state index in [4.69, 9.17) is 5.26 Å². The topological polar surface area (TPSA) is 79.0 Å². The third-order valence-corrected chi connectivity index (χ3v) is 2.72. The maximum Gasteiger partial charge on any atom is 0.275 e. The van der Waals surface area contributed by atoms with Crippen molar-refractivity contribution >= 4 is 21.6 Å². The number of hydrogen-bond acceptors (Lipinski definition) is 4. The second-order valence-corrected chi connectivity index (χ2v) is 4.61. The molecule has 6 heteroatoms. The number of nitro benzene ring substituents is 1. The van der Waals surface area contributed by atoms with Crippen molar-refractivity contribution in [2.45, 2.75) is 13.5 Å². The van der Waals surface area contributed by atoms with Crippen molar-refractivity contribution in [2.75, 3.05) is 6.54 Å². The van der Waals surface area contributed by atoms with Gasteiger partial charge in [-0.25, -0.2) is 0 Å². The van der Waals surface area contributed by atoms with Gasteiger partial charge in [-0.3, -0.25) is 10.1 Å². The summed E-state index contributed by atoms with van der Waals surface area (Å²) in [7, 11) is 0. The first-order chi connectivity index (χ1) is 8.04. The zero-order chi connectivity index (χ0) is 12.8. The average molecular weight is 298 g/mol. The van der Waals surface area contributed by atoms with E-state index in [0.29, 0.717) is 23.1 Å². The van der Waals surface area contributed by atoms with E-state index in [0.717, 1.165) is 0 Å². The molecule has 1 rings (SSSR count). The van der Waals surface area contributed by atoms with E-state index in [1.807, 2.05) is 0 Å². The van der Waals surface area contributed by atoms with Gasteiger partial charge in [-0.1, -0.05) is 15.9 Å². The lowest BCUT2D eigenvalue weighted by Gasteiger charge is -2.06. The highest BCUT2D eigenvalue weighted by atomic mass is 79.9. The van der Waals surface area contributed by atoms with E-state index in [9.17, 15) is 10.1 Å². The van der Waals surface area contributed by atoms with Gasteiger partial charge in [-0.15, -0.1) is 0 Å². The Hall–Kier alpha value is -1.45. The molecule has 0 spiro atoms. The summed E-state index contributed by atoms with van der Waals surface area (Å²) in [6.07, 6.45) is 0. The predicted molar refractivity (Wildman–Crippen MR) is 67.3 cm³/mol. The van der Waals surface area contributed by atoms with Gasteiger partial charge in [0.05, 0.1) is 16.9 Å². The average Bonchev–Trinajstić information content (AvgIpc) is 2.30. The molecule has 0 fully saturated rings. The molecule has 1 N–H and O–H groups in total. The fourth-order valence-corrected chi connectivity index (χ4v) is 1.67. The first kappa shape index (κ1) is 13.6. The zero-order valence-electron chi connectivity index (χ0n) is 9.31. The third-order valence-electron chi connectivity index (χ3n) is 2.23. The summed E-state index contributed by atoms with van der Waals surface area (Å²) in [5, 5.41) is 22.5. The summed E-state index contributed by atoms with van der Waals surface area (Å²) in [5.41, 5.74) is 0.694. The van der Waals surface area contributed by atoms with Crippen LogP contribution in [0.2, 0.25) is 0 Å². The van der Waals surface area contributed by atoms with E-state index < -0.39 is 4.92 Å². The SMILES string of the molecule is CC(C#N)CNCc1ccc(Br)cc1[N+](=O)[O-]. The van der Waals surface area contributed by atoms with Gasteiger partial charge in [-0.05, 0) is 19.1 Å². The molecule has 0 saturated carbocycles. The lowest BCUT2D eigenvalue weighted by atomic mass is 10.1. The van der Waals surface area contributed by atoms with Crippen LogP contribution in [-0.4, -0.2) is 11.5 Å². The van der Waals surface area contributed by atoms with Gasteiger partial charge in [0, 0.05) is 29.2 Å². The molecule has 0 bridgehead atoms. The van der Waals surface area contributed by atoms with E-state index in [2.05, 4.69) is 27.3 Å². The summed E-state index contributed by atoms with van der Waals surface area (Å²) in [5.74, 6) is -0.107. The minimum absolute atomic E-state index is 0.0801. The summed E-state index contributed by atoms with van der Waals surface area (Å²) in [6, 6.07) is 7.03. The van der Waals surface area contributed by atoms with Crippen molar-refractivity contribution < 1.29 is 4.92 Å². The summed E-state index contributed by atoms with van der Waals surface area (Å²) in [4.78, 5) is 10.4. The van der Waals surface area contributed by atoms with Gasteiger partial charge >= 0.3 is 0 Å². The first-order valence-electron chi connectivity index (χ1n) is 5.07. The molecule has 0 aromatic heterocycles. The number of nitrogens with one attached hydrogen (secondary N) is 1. The van der Waals surface area contributed by atoms with E-state index in [-0.39, 0.29) is 11.6 Å². The number of hydrogen-bond donors (Lipinski definition) is 1. The molecule has 1 unspecified atom stereocenters. The van der Waals surface area contributed by atoms with Gasteiger partial charge in [-0.2, -0.15) is 5.26 Å². The highest BCUT2D eigenvalue weighted by molar-refractivity contribution is 9.10. The molecule has 0 aliphatic carbocycles. The number of benzene rings is 1. The summed E-state index contributed by atoms with van der Waals surface area (Å²) < 4.78 is 0.679. The quantitative estimate of drug-likeness (QED) is 0.669.